The smallest absolute Gasteiger partial charge is 0.251 e. The molecule has 0 atom stereocenters. The molecule has 8 nitrogen and oxygen atoms in total. The number of hydrogen-bond donors (Lipinski definition) is 2. The maximum absolute atomic E-state index is 12.6. The predicted molar refractivity (Wildman–Crippen MR) is 171 cm³/mol. The summed E-state index contributed by atoms with van der Waals surface area (Å²) in [5, 5.41) is 5.94. The van der Waals surface area contributed by atoms with E-state index in [2.05, 4.69) is 10.6 Å². The van der Waals surface area contributed by atoms with Gasteiger partial charge in [0.2, 0.25) is 0 Å². The Balaban J connectivity index is 1.03. The Morgan fingerprint density at radius 3 is 1.20 bits per heavy atom. The van der Waals surface area contributed by atoms with Gasteiger partial charge in [-0.05, 0) is 73.5 Å². The number of rotatable bonds is 19. The average Bonchev–Trinajstić information content (AvgIpc) is 3.07. The number of para-hydroxylation sites is 2. The summed E-state index contributed by atoms with van der Waals surface area (Å²) in [6.07, 6.45) is 3.63. The van der Waals surface area contributed by atoms with E-state index in [9.17, 15) is 9.59 Å². The van der Waals surface area contributed by atoms with Crippen molar-refractivity contribution in [2.75, 3.05) is 39.5 Å². The van der Waals surface area contributed by atoms with Crippen molar-refractivity contribution in [3.63, 3.8) is 0 Å². The molecule has 0 saturated carbocycles. The van der Waals surface area contributed by atoms with E-state index >= 15 is 0 Å². The van der Waals surface area contributed by atoms with Crippen molar-refractivity contribution in [3.8, 4) is 23.0 Å². The normalized spacial score (nSPS) is 10.5. The van der Waals surface area contributed by atoms with Gasteiger partial charge in [0.25, 0.3) is 11.8 Å². The number of benzene rings is 4. The van der Waals surface area contributed by atoms with Crippen molar-refractivity contribution >= 4 is 11.8 Å². The molecular weight excluding hydrogens is 556 g/mol. The van der Waals surface area contributed by atoms with Gasteiger partial charge in [-0.25, -0.2) is 0 Å². The van der Waals surface area contributed by atoms with E-state index in [4.69, 9.17) is 18.9 Å². The lowest BCUT2D eigenvalue weighted by atomic mass is 10.1. The van der Waals surface area contributed by atoms with Crippen LogP contribution in [0.15, 0.2) is 109 Å². The van der Waals surface area contributed by atoms with Crippen molar-refractivity contribution in [1.29, 1.82) is 0 Å². The first-order valence-corrected chi connectivity index (χ1v) is 15.1. The largest absolute Gasteiger partial charge is 0.490 e. The first-order chi connectivity index (χ1) is 21.7. The van der Waals surface area contributed by atoms with Crippen molar-refractivity contribution in [1.82, 2.24) is 10.6 Å². The molecule has 8 heteroatoms. The summed E-state index contributed by atoms with van der Waals surface area (Å²) < 4.78 is 22.7. The Labute approximate surface area is 259 Å². The van der Waals surface area contributed by atoms with Crippen LogP contribution < -0.4 is 29.6 Å². The Bertz CT molecular complexity index is 1310. The Kier molecular flexibility index (Phi) is 13.5. The molecule has 0 bridgehead atoms. The maximum atomic E-state index is 12.6. The molecule has 4 rings (SSSR count). The van der Waals surface area contributed by atoms with Crippen molar-refractivity contribution in [3.05, 3.63) is 120 Å². The second kappa shape index (κ2) is 18.5. The van der Waals surface area contributed by atoms with Gasteiger partial charge in [-0.1, -0.05) is 61.4 Å². The highest BCUT2D eigenvalue weighted by atomic mass is 16.5. The number of amides is 2. The third-order valence-electron chi connectivity index (χ3n) is 6.60. The van der Waals surface area contributed by atoms with Crippen LogP contribution >= 0.6 is 0 Å². The molecule has 0 aromatic heterocycles. The zero-order valence-electron chi connectivity index (χ0n) is 24.9. The molecule has 44 heavy (non-hydrogen) atoms. The summed E-state index contributed by atoms with van der Waals surface area (Å²) in [5.74, 6) is 2.59. The summed E-state index contributed by atoms with van der Waals surface area (Å²) in [4.78, 5) is 25.1. The fourth-order valence-electron chi connectivity index (χ4n) is 4.34. The third-order valence-corrected chi connectivity index (χ3v) is 6.60. The standard InChI is InChI=1S/C36H40N2O6/c39-35(29-13-11-19-33(27-29)43-25-23-41-31-15-5-3-6-16-31)37-21-9-1-2-10-22-38-36(40)30-14-12-20-34(28-30)44-26-24-42-32-17-7-4-8-18-32/h3-8,11-20,27-28H,1-2,9-10,21-26H2,(H,37,39)(H,38,40). The SMILES string of the molecule is O=C(NCCCCCCNC(=O)c1cccc(OCCOc2ccccc2)c1)c1cccc(OCCOc2ccccc2)c1. The average molecular weight is 597 g/mol. The van der Waals surface area contributed by atoms with Gasteiger partial charge in [0, 0.05) is 24.2 Å². The zero-order chi connectivity index (χ0) is 30.7. The lowest BCUT2D eigenvalue weighted by Gasteiger charge is -2.10. The maximum Gasteiger partial charge on any atom is 0.251 e. The number of carbonyl (C=O) groups is 2. The lowest BCUT2D eigenvalue weighted by Crippen LogP contribution is -2.25. The number of ether oxygens (including phenoxy) is 4. The second-order valence-electron chi connectivity index (χ2n) is 10.0. The summed E-state index contributed by atoms with van der Waals surface area (Å²) in [5.41, 5.74) is 1.12. The Morgan fingerprint density at radius 2 is 0.795 bits per heavy atom. The summed E-state index contributed by atoms with van der Waals surface area (Å²) in [6.45, 7) is 2.77. The summed E-state index contributed by atoms with van der Waals surface area (Å²) >= 11 is 0. The van der Waals surface area contributed by atoms with Crippen LogP contribution in [-0.2, 0) is 0 Å². The molecule has 2 amide bonds. The Hall–Kier alpha value is -4.98. The molecular formula is C36H40N2O6. The molecule has 4 aromatic rings. The molecule has 0 spiro atoms. The van der Waals surface area contributed by atoms with Crippen molar-refractivity contribution < 1.29 is 28.5 Å². The fraction of sp³-hybridized carbons (Fsp3) is 0.278. The van der Waals surface area contributed by atoms with Crippen LogP contribution in [0.4, 0.5) is 0 Å². The van der Waals surface area contributed by atoms with Gasteiger partial charge in [0.1, 0.15) is 49.4 Å². The van der Waals surface area contributed by atoms with Crippen LogP contribution in [0.2, 0.25) is 0 Å². The van der Waals surface area contributed by atoms with Crippen LogP contribution in [0.3, 0.4) is 0 Å². The quantitative estimate of drug-likeness (QED) is 0.123. The molecule has 0 radical (unpaired) electrons. The fourth-order valence-corrected chi connectivity index (χ4v) is 4.34. The van der Waals surface area contributed by atoms with Gasteiger partial charge in [-0.2, -0.15) is 0 Å². The molecule has 0 unspecified atom stereocenters. The monoisotopic (exact) mass is 596 g/mol. The van der Waals surface area contributed by atoms with E-state index in [1.165, 1.54) is 0 Å². The number of nitrogens with one attached hydrogen (secondary N) is 2. The second-order valence-corrected chi connectivity index (χ2v) is 10.0. The van der Waals surface area contributed by atoms with Gasteiger partial charge in [-0.15, -0.1) is 0 Å². The molecule has 0 aliphatic rings. The van der Waals surface area contributed by atoms with Crippen LogP contribution in [0, 0.1) is 0 Å². The van der Waals surface area contributed by atoms with Gasteiger partial charge in [0.05, 0.1) is 0 Å². The van der Waals surface area contributed by atoms with E-state index in [-0.39, 0.29) is 11.8 Å². The van der Waals surface area contributed by atoms with Crippen LogP contribution in [0.5, 0.6) is 23.0 Å². The van der Waals surface area contributed by atoms with E-state index in [0.717, 1.165) is 37.2 Å². The minimum absolute atomic E-state index is 0.127. The molecule has 0 aliphatic heterocycles. The highest BCUT2D eigenvalue weighted by molar-refractivity contribution is 5.95. The van der Waals surface area contributed by atoms with Gasteiger partial charge >= 0.3 is 0 Å². The molecule has 0 heterocycles. The summed E-state index contributed by atoms with van der Waals surface area (Å²) in [7, 11) is 0. The van der Waals surface area contributed by atoms with E-state index in [0.29, 0.717) is 62.1 Å². The van der Waals surface area contributed by atoms with Gasteiger partial charge in [-0.3, -0.25) is 9.59 Å². The molecule has 4 aromatic carbocycles. The minimum Gasteiger partial charge on any atom is -0.490 e. The van der Waals surface area contributed by atoms with E-state index in [1.54, 1.807) is 24.3 Å². The van der Waals surface area contributed by atoms with Crippen LogP contribution in [0.1, 0.15) is 46.4 Å². The first-order valence-electron chi connectivity index (χ1n) is 15.1. The van der Waals surface area contributed by atoms with Gasteiger partial charge in [0.15, 0.2) is 0 Å². The molecule has 0 aliphatic carbocycles. The van der Waals surface area contributed by atoms with Crippen molar-refractivity contribution in [2.45, 2.75) is 25.7 Å². The number of unbranched alkanes of at least 4 members (excludes halogenated alkanes) is 3. The van der Waals surface area contributed by atoms with E-state index < -0.39 is 0 Å². The third kappa shape index (κ3) is 11.7. The Morgan fingerprint density at radius 1 is 0.432 bits per heavy atom. The zero-order valence-corrected chi connectivity index (χ0v) is 24.9. The molecule has 0 fully saturated rings. The topological polar surface area (TPSA) is 95.1 Å². The van der Waals surface area contributed by atoms with Crippen molar-refractivity contribution in [2.24, 2.45) is 0 Å². The molecule has 230 valence electrons. The number of hydrogen-bond acceptors (Lipinski definition) is 6. The minimum atomic E-state index is -0.127. The van der Waals surface area contributed by atoms with E-state index in [1.807, 2.05) is 84.9 Å². The van der Waals surface area contributed by atoms with Crippen LogP contribution in [0.25, 0.3) is 0 Å². The highest BCUT2D eigenvalue weighted by Crippen LogP contribution is 2.15. The summed E-state index contributed by atoms with van der Waals surface area (Å²) in [6, 6.07) is 33.4. The van der Waals surface area contributed by atoms with Gasteiger partial charge < -0.3 is 29.6 Å². The predicted octanol–water partition coefficient (Wildman–Crippen LogP) is 6.32. The number of carbonyl (C=O) groups excluding carboxylic acids is 2. The first kappa shape index (κ1) is 31.9. The lowest BCUT2D eigenvalue weighted by molar-refractivity contribution is 0.0942. The molecule has 2 N–H and O–H groups in total. The van der Waals surface area contributed by atoms with Crippen LogP contribution in [-0.4, -0.2) is 51.3 Å². The highest BCUT2D eigenvalue weighted by Gasteiger charge is 2.08. The molecule has 0 saturated heterocycles.